The van der Waals surface area contributed by atoms with Crippen molar-refractivity contribution in [2.45, 2.75) is 40.2 Å². The third-order valence-corrected chi connectivity index (χ3v) is 3.87. The van der Waals surface area contributed by atoms with Crippen molar-refractivity contribution < 1.29 is 4.79 Å². The molecule has 0 fully saturated rings. The van der Waals surface area contributed by atoms with Gasteiger partial charge in [-0.05, 0) is 49.9 Å². The highest BCUT2D eigenvalue weighted by Gasteiger charge is 2.28. The summed E-state index contributed by atoms with van der Waals surface area (Å²) in [5.41, 5.74) is 8.42. The van der Waals surface area contributed by atoms with Gasteiger partial charge in [-0.1, -0.05) is 19.9 Å². The molecule has 0 saturated carbocycles. The lowest BCUT2D eigenvalue weighted by Gasteiger charge is -2.33. The largest absolute Gasteiger partial charge is 0.345 e. The maximum Gasteiger partial charge on any atom is 0.251 e. The molecule has 0 bridgehead atoms. The summed E-state index contributed by atoms with van der Waals surface area (Å²) in [6.45, 7) is 10.6. The molecule has 1 aromatic carbocycles. The van der Waals surface area contributed by atoms with E-state index < -0.39 is 0 Å². The van der Waals surface area contributed by atoms with Gasteiger partial charge in [0.25, 0.3) is 5.91 Å². The standard InChI is InChI=1S/C15H24N2O/c1-10(2)15(5,9-16)17-14(18)13-7-6-11(3)12(4)8-13/h6-8,10H,9,16H2,1-5H3,(H,17,18). The predicted octanol–water partition coefficient (Wildman–Crippen LogP) is 2.41. The fourth-order valence-electron chi connectivity index (χ4n) is 1.65. The molecule has 1 atom stereocenters. The van der Waals surface area contributed by atoms with Crippen LogP contribution >= 0.6 is 0 Å². The highest BCUT2D eigenvalue weighted by molar-refractivity contribution is 5.95. The Hall–Kier alpha value is -1.35. The minimum Gasteiger partial charge on any atom is -0.345 e. The van der Waals surface area contributed by atoms with Crippen molar-refractivity contribution in [1.82, 2.24) is 5.32 Å². The zero-order valence-electron chi connectivity index (χ0n) is 12.0. The fourth-order valence-corrected chi connectivity index (χ4v) is 1.65. The van der Waals surface area contributed by atoms with Crippen LogP contribution in [0.15, 0.2) is 18.2 Å². The first-order valence-corrected chi connectivity index (χ1v) is 6.40. The van der Waals surface area contributed by atoms with Crippen molar-refractivity contribution in [2.24, 2.45) is 11.7 Å². The van der Waals surface area contributed by atoms with E-state index in [4.69, 9.17) is 5.73 Å². The van der Waals surface area contributed by atoms with Gasteiger partial charge in [-0.3, -0.25) is 4.79 Å². The number of benzene rings is 1. The molecule has 18 heavy (non-hydrogen) atoms. The Morgan fingerprint density at radius 1 is 1.33 bits per heavy atom. The number of carbonyl (C=O) groups is 1. The van der Waals surface area contributed by atoms with Gasteiger partial charge in [0.1, 0.15) is 0 Å². The topological polar surface area (TPSA) is 55.1 Å². The number of rotatable bonds is 4. The van der Waals surface area contributed by atoms with Crippen LogP contribution in [0, 0.1) is 19.8 Å². The normalized spacial score (nSPS) is 14.4. The second-order valence-electron chi connectivity index (χ2n) is 5.53. The zero-order valence-corrected chi connectivity index (χ0v) is 12.0. The van der Waals surface area contributed by atoms with E-state index >= 15 is 0 Å². The van der Waals surface area contributed by atoms with Gasteiger partial charge in [0.05, 0.1) is 5.54 Å². The molecule has 0 aliphatic heterocycles. The third kappa shape index (κ3) is 3.10. The van der Waals surface area contributed by atoms with Crippen LogP contribution in [0.2, 0.25) is 0 Å². The molecule has 3 N–H and O–H groups in total. The van der Waals surface area contributed by atoms with Crippen LogP contribution in [0.25, 0.3) is 0 Å². The van der Waals surface area contributed by atoms with Gasteiger partial charge in [-0.25, -0.2) is 0 Å². The molecule has 0 saturated heterocycles. The minimum atomic E-state index is -0.365. The SMILES string of the molecule is Cc1ccc(C(=O)NC(C)(CN)C(C)C)cc1C. The Bertz CT molecular complexity index is 440. The lowest BCUT2D eigenvalue weighted by Crippen LogP contribution is -2.55. The number of nitrogens with two attached hydrogens (primary N) is 1. The van der Waals surface area contributed by atoms with Gasteiger partial charge in [0.15, 0.2) is 0 Å². The first-order valence-electron chi connectivity index (χ1n) is 6.40. The average molecular weight is 248 g/mol. The Morgan fingerprint density at radius 3 is 2.39 bits per heavy atom. The number of aryl methyl sites for hydroxylation is 2. The van der Waals surface area contributed by atoms with E-state index in [9.17, 15) is 4.79 Å². The molecule has 0 aliphatic carbocycles. The van der Waals surface area contributed by atoms with Crippen LogP contribution in [-0.4, -0.2) is 18.0 Å². The highest BCUT2D eigenvalue weighted by Crippen LogP contribution is 2.17. The van der Waals surface area contributed by atoms with E-state index in [1.165, 1.54) is 5.56 Å². The predicted molar refractivity (Wildman–Crippen MR) is 75.7 cm³/mol. The second-order valence-corrected chi connectivity index (χ2v) is 5.53. The molecule has 1 aromatic rings. The second kappa shape index (κ2) is 5.53. The molecule has 0 spiro atoms. The number of hydrogen-bond donors (Lipinski definition) is 2. The quantitative estimate of drug-likeness (QED) is 0.859. The Balaban J connectivity index is 2.91. The number of amides is 1. The van der Waals surface area contributed by atoms with E-state index in [0.29, 0.717) is 12.1 Å². The van der Waals surface area contributed by atoms with Crippen molar-refractivity contribution >= 4 is 5.91 Å². The van der Waals surface area contributed by atoms with Crippen LogP contribution in [0.3, 0.4) is 0 Å². The molecule has 0 radical (unpaired) electrons. The van der Waals surface area contributed by atoms with Crippen LogP contribution < -0.4 is 11.1 Å². The lowest BCUT2D eigenvalue weighted by molar-refractivity contribution is 0.0883. The van der Waals surface area contributed by atoms with Crippen molar-refractivity contribution in [2.75, 3.05) is 6.54 Å². The van der Waals surface area contributed by atoms with E-state index in [1.807, 2.05) is 39.0 Å². The van der Waals surface area contributed by atoms with Crippen molar-refractivity contribution in [3.63, 3.8) is 0 Å². The van der Waals surface area contributed by atoms with E-state index in [2.05, 4.69) is 19.2 Å². The monoisotopic (exact) mass is 248 g/mol. The molecule has 1 rings (SSSR count). The first-order chi connectivity index (χ1) is 8.30. The molecule has 100 valence electrons. The number of carbonyl (C=O) groups excluding carboxylic acids is 1. The van der Waals surface area contributed by atoms with E-state index in [1.54, 1.807) is 0 Å². The molecule has 1 amide bonds. The maximum absolute atomic E-state index is 12.2. The molecule has 0 heterocycles. The summed E-state index contributed by atoms with van der Waals surface area (Å²) in [7, 11) is 0. The minimum absolute atomic E-state index is 0.0558. The van der Waals surface area contributed by atoms with Crippen LogP contribution in [0.1, 0.15) is 42.3 Å². The molecular weight excluding hydrogens is 224 g/mol. The van der Waals surface area contributed by atoms with Crippen LogP contribution in [-0.2, 0) is 0 Å². The lowest BCUT2D eigenvalue weighted by atomic mass is 9.88. The molecule has 0 aliphatic rings. The van der Waals surface area contributed by atoms with Gasteiger partial charge in [-0.15, -0.1) is 0 Å². The molecular formula is C15H24N2O. The number of nitrogens with one attached hydrogen (secondary N) is 1. The van der Waals surface area contributed by atoms with Crippen molar-refractivity contribution in [3.8, 4) is 0 Å². The van der Waals surface area contributed by atoms with E-state index in [-0.39, 0.29) is 17.4 Å². The van der Waals surface area contributed by atoms with Gasteiger partial charge in [-0.2, -0.15) is 0 Å². The summed E-state index contributed by atoms with van der Waals surface area (Å²) in [4.78, 5) is 12.2. The van der Waals surface area contributed by atoms with E-state index in [0.717, 1.165) is 5.56 Å². The summed E-state index contributed by atoms with van der Waals surface area (Å²) >= 11 is 0. The van der Waals surface area contributed by atoms with Crippen LogP contribution in [0.5, 0.6) is 0 Å². The highest BCUT2D eigenvalue weighted by atomic mass is 16.1. The van der Waals surface area contributed by atoms with Gasteiger partial charge in [0.2, 0.25) is 0 Å². The fraction of sp³-hybridized carbons (Fsp3) is 0.533. The summed E-state index contributed by atoms with van der Waals surface area (Å²) in [5, 5.41) is 3.04. The molecule has 3 nitrogen and oxygen atoms in total. The molecule has 3 heteroatoms. The number of hydrogen-bond acceptors (Lipinski definition) is 2. The summed E-state index contributed by atoms with van der Waals surface area (Å²) in [5.74, 6) is 0.234. The average Bonchev–Trinajstić information content (AvgIpc) is 2.32. The first kappa shape index (κ1) is 14.7. The smallest absolute Gasteiger partial charge is 0.251 e. The maximum atomic E-state index is 12.2. The van der Waals surface area contributed by atoms with Gasteiger partial charge in [0, 0.05) is 12.1 Å². The Kier molecular flexibility index (Phi) is 4.52. The third-order valence-electron chi connectivity index (χ3n) is 3.87. The molecule has 1 unspecified atom stereocenters. The Labute approximate surface area is 110 Å². The van der Waals surface area contributed by atoms with Gasteiger partial charge >= 0.3 is 0 Å². The van der Waals surface area contributed by atoms with Crippen molar-refractivity contribution in [1.29, 1.82) is 0 Å². The molecule has 0 aromatic heterocycles. The Morgan fingerprint density at radius 2 is 1.94 bits per heavy atom. The van der Waals surface area contributed by atoms with Gasteiger partial charge < -0.3 is 11.1 Å². The zero-order chi connectivity index (χ0) is 13.9. The summed E-state index contributed by atoms with van der Waals surface area (Å²) < 4.78 is 0. The summed E-state index contributed by atoms with van der Waals surface area (Å²) in [6, 6.07) is 5.75. The van der Waals surface area contributed by atoms with Crippen LogP contribution in [0.4, 0.5) is 0 Å². The van der Waals surface area contributed by atoms with Crippen molar-refractivity contribution in [3.05, 3.63) is 34.9 Å². The summed E-state index contributed by atoms with van der Waals surface area (Å²) in [6.07, 6.45) is 0.